The number of carbonyl (C=O) groups is 1. The molecule has 0 unspecified atom stereocenters. The zero-order chi connectivity index (χ0) is 17.6. The van der Waals surface area contributed by atoms with E-state index < -0.39 is 0 Å². The summed E-state index contributed by atoms with van der Waals surface area (Å²) in [5.74, 6) is 2.77. The molecular weight excluding hydrogens is 352 g/mol. The van der Waals surface area contributed by atoms with Gasteiger partial charge in [-0.05, 0) is 62.4 Å². The SMILES string of the molecule is C/C=C/c1ccc(OCC(=O)N2CC[C@@H]3CNC[C@@H]3CC2)c(OC)c1.Cl. The number of halogens is 1. The molecule has 2 heterocycles. The molecule has 3 rings (SSSR count). The molecule has 0 spiro atoms. The largest absolute Gasteiger partial charge is 0.493 e. The van der Waals surface area contributed by atoms with Gasteiger partial charge in [-0.3, -0.25) is 4.79 Å². The lowest BCUT2D eigenvalue weighted by Gasteiger charge is -2.21. The molecule has 2 atom stereocenters. The lowest BCUT2D eigenvalue weighted by atomic mass is 9.92. The highest BCUT2D eigenvalue weighted by Crippen LogP contribution is 2.29. The molecule has 5 nitrogen and oxygen atoms in total. The van der Waals surface area contributed by atoms with Crippen molar-refractivity contribution >= 4 is 24.4 Å². The molecular formula is C20H29ClN2O3. The van der Waals surface area contributed by atoms with Crippen LogP contribution in [0.3, 0.4) is 0 Å². The van der Waals surface area contributed by atoms with E-state index in [-0.39, 0.29) is 24.9 Å². The third-order valence-electron chi connectivity index (χ3n) is 5.27. The topological polar surface area (TPSA) is 50.8 Å². The van der Waals surface area contributed by atoms with Gasteiger partial charge in [0.2, 0.25) is 0 Å². The molecule has 0 radical (unpaired) electrons. The number of nitrogens with one attached hydrogen (secondary N) is 1. The van der Waals surface area contributed by atoms with Gasteiger partial charge < -0.3 is 19.7 Å². The maximum Gasteiger partial charge on any atom is 0.260 e. The van der Waals surface area contributed by atoms with Gasteiger partial charge >= 0.3 is 0 Å². The summed E-state index contributed by atoms with van der Waals surface area (Å²) in [6, 6.07) is 5.74. The standard InChI is InChI=1S/C20H28N2O3.ClH/c1-3-4-15-5-6-18(19(11-15)24-2)25-14-20(23)22-9-7-16-12-21-13-17(16)8-10-22;/h3-6,11,16-17,21H,7-10,12-14H2,1-2H3;1H/b4-3+;/t16-,17+;. The van der Waals surface area contributed by atoms with Gasteiger partial charge in [0, 0.05) is 13.1 Å². The van der Waals surface area contributed by atoms with Gasteiger partial charge in [-0.25, -0.2) is 0 Å². The Morgan fingerprint density at radius 2 is 1.92 bits per heavy atom. The number of allylic oxidation sites excluding steroid dienone is 1. The molecule has 0 aliphatic carbocycles. The van der Waals surface area contributed by atoms with Crippen molar-refractivity contribution in [1.82, 2.24) is 10.2 Å². The van der Waals surface area contributed by atoms with Gasteiger partial charge in [0.05, 0.1) is 7.11 Å². The summed E-state index contributed by atoms with van der Waals surface area (Å²) < 4.78 is 11.1. The van der Waals surface area contributed by atoms with Crippen molar-refractivity contribution in [2.45, 2.75) is 19.8 Å². The summed E-state index contributed by atoms with van der Waals surface area (Å²) in [7, 11) is 1.62. The van der Waals surface area contributed by atoms with Crippen LogP contribution in [0.5, 0.6) is 11.5 Å². The highest BCUT2D eigenvalue weighted by atomic mass is 35.5. The van der Waals surface area contributed by atoms with E-state index in [1.54, 1.807) is 7.11 Å². The fourth-order valence-electron chi connectivity index (χ4n) is 3.80. The van der Waals surface area contributed by atoms with E-state index in [9.17, 15) is 4.79 Å². The molecule has 2 aliphatic rings. The predicted octanol–water partition coefficient (Wildman–Crippen LogP) is 2.99. The van der Waals surface area contributed by atoms with E-state index in [4.69, 9.17) is 9.47 Å². The van der Waals surface area contributed by atoms with Crippen molar-refractivity contribution in [3.8, 4) is 11.5 Å². The molecule has 0 saturated carbocycles. The normalized spacial score (nSPS) is 22.5. The Bertz CT molecular complexity index is 621. The monoisotopic (exact) mass is 380 g/mol. The van der Waals surface area contributed by atoms with Crippen LogP contribution in [-0.2, 0) is 4.79 Å². The molecule has 2 aliphatic heterocycles. The zero-order valence-corrected chi connectivity index (χ0v) is 16.4. The Hall–Kier alpha value is -1.72. The van der Waals surface area contributed by atoms with Crippen LogP contribution < -0.4 is 14.8 Å². The summed E-state index contributed by atoms with van der Waals surface area (Å²) in [5.41, 5.74) is 1.05. The van der Waals surface area contributed by atoms with E-state index in [1.165, 1.54) is 0 Å². The molecule has 0 bridgehead atoms. The van der Waals surface area contributed by atoms with Crippen LogP contribution in [0.15, 0.2) is 24.3 Å². The number of hydrogen-bond donors (Lipinski definition) is 1. The van der Waals surface area contributed by atoms with Gasteiger partial charge in [0.15, 0.2) is 18.1 Å². The number of hydrogen-bond acceptors (Lipinski definition) is 4. The zero-order valence-electron chi connectivity index (χ0n) is 15.6. The molecule has 6 heteroatoms. The Balaban J connectivity index is 0.00000243. The summed E-state index contributed by atoms with van der Waals surface area (Å²) in [4.78, 5) is 14.5. The van der Waals surface area contributed by atoms with Crippen molar-refractivity contribution in [1.29, 1.82) is 0 Å². The first kappa shape index (κ1) is 20.6. The number of benzene rings is 1. The minimum atomic E-state index is 0. The Kier molecular flexibility index (Phi) is 7.79. The second-order valence-corrected chi connectivity index (χ2v) is 6.84. The molecule has 1 amide bonds. The minimum Gasteiger partial charge on any atom is -0.493 e. The average molecular weight is 381 g/mol. The maximum absolute atomic E-state index is 12.5. The summed E-state index contributed by atoms with van der Waals surface area (Å²) in [5, 5.41) is 3.46. The van der Waals surface area contributed by atoms with Gasteiger partial charge in [0.1, 0.15) is 0 Å². The molecule has 2 saturated heterocycles. The van der Waals surface area contributed by atoms with Gasteiger partial charge in [-0.2, -0.15) is 0 Å². The van der Waals surface area contributed by atoms with Crippen LogP contribution in [0.4, 0.5) is 0 Å². The average Bonchev–Trinajstić information content (AvgIpc) is 2.98. The molecule has 144 valence electrons. The van der Waals surface area contributed by atoms with E-state index >= 15 is 0 Å². The maximum atomic E-state index is 12.5. The van der Waals surface area contributed by atoms with Crippen LogP contribution >= 0.6 is 12.4 Å². The van der Waals surface area contributed by atoms with Crippen molar-refractivity contribution < 1.29 is 14.3 Å². The van der Waals surface area contributed by atoms with Gasteiger partial charge in [-0.15, -0.1) is 12.4 Å². The summed E-state index contributed by atoms with van der Waals surface area (Å²) in [6.07, 6.45) is 6.15. The number of ether oxygens (including phenoxy) is 2. The summed E-state index contributed by atoms with van der Waals surface area (Å²) in [6.45, 7) is 5.90. The Morgan fingerprint density at radius 1 is 1.23 bits per heavy atom. The Labute approximate surface area is 162 Å². The van der Waals surface area contributed by atoms with Gasteiger partial charge in [-0.1, -0.05) is 18.2 Å². The van der Waals surface area contributed by atoms with Crippen LogP contribution in [-0.4, -0.2) is 50.7 Å². The highest BCUT2D eigenvalue weighted by molar-refractivity contribution is 5.85. The van der Waals surface area contributed by atoms with E-state index in [0.29, 0.717) is 11.5 Å². The number of methoxy groups -OCH3 is 1. The predicted molar refractivity (Wildman–Crippen MR) is 106 cm³/mol. The molecule has 1 aromatic rings. The van der Waals surface area contributed by atoms with Crippen LogP contribution in [0.25, 0.3) is 6.08 Å². The molecule has 26 heavy (non-hydrogen) atoms. The van der Waals surface area contributed by atoms with Crippen molar-refractivity contribution in [3.05, 3.63) is 29.8 Å². The lowest BCUT2D eigenvalue weighted by molar-refractivity contribution is -0.133. The van der Waals surface area contributed by atoms with Crippen molar-refractivity contribution in [2.24, 2.45) is 11.8 Å². The number of carbonyl (C=O) groups excluding carboxylic acids is 1. The third kappa shape index (κ3) is 4.92. The van der Waals surface area contributed by atoms with Gasteiger partial charge in [0.25, 0.3) is 5.91 Å². The smallest absolute Gasteiger partial charge is 0.260 e. The highest BCUT2D eigenvalue weighted by Gasteiger charge is 2.31. The first-order valence-corrected chi connectivity index (χ1v) is 9.13. The molecule has 1 aromatic carbocycles. The second kappa shape index (κ2) is 9.83. The second-order valence-electron chi connectivity index (χ2n) is 6.84. The number of likely N-dealkylation sites (tertiary alicyclic amines) is 1. The lowest BCUT2D eigenvalue weighted by Crippen LogP contribution is -2.36. The van der Waals surface area contributed by atoms with Crippen LogP contribution in [0.2, 0.25) is 0 Å². The van der Waals surface area contributed by atoms with Crippen molar-refractivity contribution in [2.75, 3.05) is 39.9 Å². The Morgan fingerprint density at radius 3 is 2.54 bits per heavy atom. The van der Waals surface area contributed by atoms with E-state index in [2.05, 4.69) is 5.32 Å². The third-order valence-corrected chi connectivity index (χ3v) is 5.27. The fourth-order valence-corrected chi connectivity index (χ4v) is 3.80. The first-order chi connectivity index (χ1) is 12.2. The number of amides is 1. The minimum absolute atomic E-state index is 0. The van der Waals surface area contributed by atoms with Crippen LogP contribution in [0.1, 0.15) is 25.3 Å². The fraction of sp³-hybridized carbons (Fsp3) is 0.550. The van der Waals surface area contributed by atoms with Crippen molar-refractivity contribution in [3.63, 3.8) is 0 Å². The molecule has 2 fully saturated rings. The molecule has 1 N–H and O–H groups in total. The number of rotatable bonds is 5. The number of fused-ring (bicyclic) bond motifs is 1. The van der Waals surface area contributed by atoms with E-state index in [0.717, 1.165) is 56.4 Å². The molecule has 0 aromatic heterocycles. The summed E-state index contributed by atoms with van der Waals surface area (Å²) >= 11 is 0. The first-order valence-electron chi connectivity index (χ1n) is 9.13. The van der Waals surface area contributed by atoms with E-state index in [1.807, 2.05) is 42.2 Å². The van der Waals surface area contributed by atoms with Crippen LogP contribution in [0, 0.1) is 11.8 Å². The number of nitrogens with zero attached hydrogens (tertiary/aromatic N) is 1. The quantitative estimate of drug-likeness (QED) is 0.853.